The molecule has 0 radical (unpaired) electrons. The van der Waals surface area contributed by atoms with Crippen LogP contribution in [0.2, 0.25) is 5.02 Å². The third-order valence-electron chi connectivity index (χ3n) is 3.31. The molecule has 100 valence electrons. The summed E-state index contributed by atoms with van der Waals surface area (Å²) in [5.41, 5.74) is 0.626. The van der Waals surface area contributed by atoms with Crippen molar-refractivity contribution >= 4 is 11.6 Å². The molecule has 0 aromatic heterocycles. The summed E-state index contributed by atoms with van der Waals surface area (Å²) in [4.78, 5) is 2.21. The summed E-state index contributed by atoms with van der Waals surface area (Å²) in [6.07, 6.45) is 3.29. The molecule has 0 saturated heterocycles. The van der Waals surface area contributed by atoms with Crippen molar-refractivity contribution in [2.45, 2.75) is 25.3 Å². The van der Waals surface area contributed by atoms with Gasteiger partial charge in [0.2, 0.25) is 0 Å². The van der Waals surface area contributed by atoms with E-state index >= 15 is 0 Å². The largest absolute Gasteiger partial charge is 0.313 e. The molecule has 1 saturated carbocycles. The Bertz CT molecular complexity index is 373. The van der Waals surface area contributed by atoms with Crippen LogP contribution in [0.3, 0.4) is 0 Å². The Balaban J connectivity index is 1.72. The molecule has 4 heteroatoms. The zero-order chi connectivity index (χ0) is 13.0. The molecule has 0 unspecified atom stereocenters. The van der Waals surface area contributed by atoms with Gasteiger partial charge in [0.15, 0.2) is 0 Å². The smallest absolute Gasteiger partial charge is 0.127 e. The maximum atomic E-state index is 13.6. The van der Waals surface area contributed by atoms with Crippen molar-refractivity contribution in [2.75, 3.05) is 26.7 Å². The fraction of sp³-hybridized carbons (Fsp3) is 0.571. The Labute approximate surface area is 113 Å². The van der Waals surface area contributed by atoms with Gasteiger partial charge < -0.3 is 10.2 Å². The third-order valence-corrected chi connectivity index (χ3v) is 3.66. The molecule has 1 aliphatic carbocycles. The van der Waals surface area contributed by atoms with E-state index in [1.54, 1.807) is 12.1 Å². The lowest BCUT2D eigenvalue weighted by Crippen LogP contribution is -2.31. The van der Waals surface area contributed by atoms with Gasteiger partial charge >= 0.3 is 0 Å². The third kappa shape index (κ3) is 4.23. The van der Waals surface area contributed by atoms with Gasteiger partial charge in [0.1, 0.15) is 5.82 Å². The minimum absolute atomic E-state index is 0.202. The van der Waals surface area contributed by atoms with Gasteiger partial charge in [0.25, 0.3) is 0 Å². The van der Waals surface area contributed by atoms with Crippen LogP contribution in [0.25, 0.3) is 0 Å². The zero-order valence-corrected chi connectivity index (χ0v) is 11.5. The maximum Gasteiger partial charge on any atom is 0.127 e. The summed E-state index contributed by atoms with van der Waals surface area (Å²) in [5.74, 6) is -0.202. The van der Waals surface area contributed by atoms with Crippen molar-refractivity contribution in [1.29, 1.82) is 0 Å². The monoisotopic (exact) mass is 270 g/mol. The van der Waals surface area contributed by atoms with Gasteiger partial charge in [-0.25, -0.2) is 4.39 Å². The van der Waals surface area contributed by atoms with E-state index in [4.69, 9.17) is 11.6 Å². The Hall–Kier alpha value is -0.640. The number of halogens is 2. The molecule has 18 heavy (non-hydrogen) atoms. The van der Waals surface area contributed by atoms with Crippen LogP contribution in [0.4, 0.5) is 4.39 Å². The van der Waals surface area contributed by atoms with Crippen molar-refractivity contribution in [3.05, 3.63) is 34.6 Å². The average molecular weight is 271 g/mol. The van der Waals surface area contributed by atoms with Crippen molar-refractivity contribution in [2.24, 2.45) is 0 Å². The Morgan fingerprint density at radius 1 is 1.39 bits per heavy atom. The Morgan fingerprint density at radius 3 is 2.83 bits per heavy atom. The number of nitrogens with one attached hydrogen (secondary N) is 1. The first kappa shape index (κ1) is 13.8. The predicted molar refractivity (Wildman–Crippen MR) is 73.6 cm³/mol. The number of likely N-dealkylation sites (N-methyl/N-ethyl adjacent to an activating group) is 1. The number of nitrogens with zero attached hydrogens (tertiary/aromatic N) is 1. The molecule has 1 N–H and O–H groups in total. The van der Waals surface area contributed by atoms with E-state index in [1.165, 1.54) is 18.9 Å². The second-order valence-corrected chi connectivity index (χ2v) is 5.39. The minimum Gasteiger partial charge on any atom is -0.313 e. The van der Waals surface area contributed by atoms with Crippen LogP contribution in [0.1, 0.15) is 18.4 Å². The second kappa shape index (κ2) is 6.50. The SMILES string of the molecule is CN(CCNC1CC1)CCc1c(F)cccc1Cl. The summed E-state index contributed by atoms with van der Waals surface area (Å²) < 4.78 is 13.6. The van der Waals surface area contributed by atoms with Crippen LogP contribution in [0, 0.1) is 5.82 Å². The second-order valence-electron chi connectivity index (χ2n) is 4.98. The van der Waals surface area contributed by atoms with E-state index in [-0.39, 0.29) is 5.82 Å². The van der Waals surface area contributed by atoms with Gasteiger partial charge in [0, 0.05) is 36.3 Å². The maximum absolute atomic E-state index is 13.6. The summed E-state index contributed by atoms with van der Waals surface area (Å²) in [6.45, 7) is 2.82. The molecule has 0 spiro atoms. The molecule has 2 nitrogen and oxygen atoms in total. The standard InChI is InChI=1S/C14H20ClFN2/c1-18(10-8-17-11-5-6-11)9-7-12-13(15)3-2-4-14(12)16/h2-4,11,17H,5-10H2,1H3. The highest BCUT2D eigenvalue weighted by Gasteiger charge is 2.19. The number of benzene rings is 1. The molecule has 1 aromatic carbocycles. The van der Waals surface area contributed by atoms with Gasteiger partial charge in [-0.05, 0) is 38.4 Å². The van der Waals surface area contributed by atoms with Crippen LogP contribution in [-0.4, -0.2) is 37.6 Å². The van der Waals surface area contributed by atoms with Crippen LogP contribution >= 0.6 is 11.6 Å². The minimum atomic E-state index is -0.202. The van der Waals surface area contributed by atoms with Crippen LogP contribution in [0.5, 0.6) is 0 Å². The summed E-state index contributed by atoms with van der Waals surface area (Å²) >= 11 is 6.00. The highest BCUT2D eigenvalue weighted by atomic mass is 35.5. The molecule has 0 amide bonds. The Kier molecular flexibility index (Phi) is 4.98. The fourth-order valence-corrected chi connectivity index (χ4v) is 2.19. The van der Waals surface area contributed by atoms with Gasteiger partial charge in [-0.2, -0.15) is 0 Å². The Morgan fingerprint density at radius 2 is 2.17 bits per heavy atom. The molecule has 1 aliphatic rings. The summed E-state index contributed by atoms with van der Waals surface area (Å²) in [5, 5.41) is 3.99. The fourth-order valence-electron chi connectivity index (χ4n) is 1.93. The molecule has 1 aromatic rings. The van der Waals surface area contributed by atoms with Gasteiger partial charge in [-0.15, -0.1) is 0 Å². The van der Waals surface area contributed by atoms with E-state index in [0.29, 0.717) is 17.0 Å². The number of rotatable bonds is 7. The lowest BCUT2D eigenvalue weighted by Gasteiger charge is -2.17. The molecule has 1 fully saturated rings. The average Bonchev–Trinajstić information content (AvgIpc) is 3.12. The zero-order valence-electron chi connectivity index (χ0n) is 10.8. The highest BCUT2D eigenvalue weighted by Crippen LogP contribution is 2.20. The van der Waals surface area contributed by atoms with Crippen molar-refractivity contribution in [3.8, 4) is 0 Å². The van der Waals surface area contributed by atoms with E-state index in [0.717, 1.165) is 25.7 Å². The lowest BCUT2D eigenvalue weighted by molar-refractivity contribution is 0.333. The molecule has 0 heterocycles. The predicted octanol–water partition coefficient (Wildman–Crippen LogP) is 2.71. The lowest BCUT2D eigenvalue weighted by atomic mass is 10.1. The molecule has 0 bridgehead atoms. The topological polar surface area (TPSA) is 15.3 Å². The molecule has 2 rings (SSSR count). The van der Waals surface area contributed by atoms with E-state index in [9.17, 15) is 4.39 Å². The number of hydrogen-bond donors (Lipinski definition) is 1. The molecule has 0 atom stereocenters. The van der Waals surface area contributed by atoms with Crippen molar-refractivity contribution in [3.63, 3.8) is 0 Å². The van der Waals surface area contributed by atoms with Gasteiger partial charge in [-0.3, -0.25) is 0 Å². The van der Waals surface area contributed by atoms with E-state index in [1.807, 2.05) is 0 Å². The van der Waals surface area contributed by atoms with Crippen molar-refractivity contribution < 1.29 is 4.39 Å². The summed E-state index contributed by atoms with van der Waals surface area (Å²) in [7, 11) is 2.06. The number of hydrogen-bond acceptors (Lipinski definition) is 2. The molecule has 0 aliphatic heterocycles. The molecular formula is C14H20ClFN2. The van der Waals surface area contributed by atoms with Crippen LogP contribution in [0.15, 0.2) is 18.2 Å². The first-order valence-electron chi connectivity index (χ1n) is 6.51. The van der Waals surface area contributed by atoms with Crippen molar-refractivity contribution in [1.82, 2.24) is 10.2 Å². The van der Waals surface area contributed by atoms with E-state index < -0.39 is 0 Å². The van der Waals surface area contributed by atoms with Gasteiger partial charge in [-0.1, -0.05) is 17.7 Å². The molecular weight excluding hydrogens is 251 g/mol. The normalized spacial score (nSPS) is 15.3. The van der Waals surface area contributed by atoms with E-state index in [2.05, 4.69) is 17.3 Å². The van der Waals surface area contributed by atoms with Crippen LogP contribution < -0.4 is 5.32 Å². The highest BCUT2D eigenvalue weighted by molar-refractivity contribution is 6.31. The summed E-state index contributed by atoms with van der Waals surface area (Å²) in [6, 6.07) is 5.61. The first-order chi connectivity index (χ1) is 8.66. The van der Waals surface area contributed by atoms with Crippen LogP contribution in [-0.2, 0) is 6.42 Å². The van der Waals surface area contributed by atoms with Gasteiger partial charge in [0.05, 0.1) is 0 Å². The first-order valence-corrected chi connectivity index (χ1v) is 6.89. The quantitative estimate of drug-likeness (QED) is 0.820.